The Morgan fingerprint density at radius 3 is 2.47 bits per heavy atom. The average Bonchev–Trinajstić information content (AvgIpc) is 2.60. The molecule has 5 heteroatoms. The van der Waals surface area contributed by atoms with Crippen LogP contribution in [0.4, 0.5) is 0 Å². The van der Waals surface area contributed by atoms with Crippen LogP contribution in [0.3, 0.4) is 0 Å². The second-order valence-corrected chi connectivity index (χ2v) is 6.63. The van der Waals surface area contributed by atoms with Crippen LogP contribution in [-0.2, 0) is 10.0 Å². The molecule has 4 nitrogen and oxygen atoms in total. The molecule has 0 unspecified atom stereocenters. The van der Waals surface area contributed by atoms with Crippen molar-refractivity contribution in [1.82, 2.24) is 4.31 Å². The summed E-state index contributed by atoms with van der Waals surface area (Å²) in [6, 6.07) is -0.157. The summed E-state index contributed by atoms with van der Waals surface area (Å²) in [6.45, 7) is 0.560. The fraction of sp³-hybridized carbons (Fsp3) is 1.00. The smallest absolute Gasteiger partial charge is 0.214 e. The van der Waals surface area contributed by atoms with E-state index in [2.05, 4.69) is 0 Å². The first-order valence-electron chi connectivity index (χ1n) is 5.74. The van der Waals surface area contributed by atoms with E-state index >= 15 is 0 Å². The maximum atomic E-state index is 12.0. The third-order valence-corrected chi connectivity index (χ3v) is 5.65. The van der Waals surface area contributed by atoms with E-state index < -0.39 is 10.0 Å². The van der Waals surface area contributed by atoms with Gasteiger partial charge in [0.05, 0.1) is 12.4 Å². The molecule has 2 fully saturated rings. The van der Waals surface area contributed by atoms with Crippen LogP contribution < -0.4 is 0 Å². The minimum absolute atomic E-state index is 0.0378. The lowest BCUT2D eigenvalue weighted by atomic mass is 9.87. The molecule has 1 atom stereocenters. The number of rotatable bonds is 4. The number of aliphatic hydroxyl groups is 1. The average molecular weight is 233 g/mol. The van der Waals surface area contributed by atoms with Crippen molar-refractivity contribution >= 4 is 10.0 Å². The molecule has 1 aliphatic carbocycles. The van der Waals surface area contributed by atoms with Gasteiger partial charge in [0.2, 0.25) is 10.0 Å². The molecule has 15 heavy (non-hydrogen) atoms. The molecule has 0 bridgehead atoms. The van der Waals surface area contributed by atoms with Gasteiger partial charge in [-0.2, -0.15) is 4.31 Å². The van der Waals surface area contributed by atoms with Gasteiger partial charge in [-0.3, -0.25) is 0 Å². The van der Waals surface area contributed by atoms with Crippen molar-refractivity contribution < 1.29 is 13.5 Å². The molecule has 0 amide bonds. The van der Waals surface area contributed by atoms with Gasteiger partial charge >= 0.3 is 0 Å². The van der Waals surface area contributed by atoms with E-state index in [1.165, 1.54) is 10.7 Å². The summed E-state index contributed by atoms with van der Waals surface area (Å²) >= 11 is 0. The molecule has 1 aliphatic heterocycles. The molecular weight excluding hydrogens is 214 g/mol. The van der Waals surface area contributed by atoms with Crippen molar-refractivity contribution in [2.45, 2.75) is 38.1 Å². The van der Waals surface area contributed by atoms with Crippen LogP contribution in [0, 0.1) is 5.92 Å². The first-order valence-corrected chi connectivity index (χ1v) is 7.35. The van der Waals surface area contributed by atoms with E-state index in [-0.39, 0.29) is 12.6 Å². The van der Waals surface area contributed by atoms with Gasteiger partial charge in [0.1, 0.15) is 0 Å². The topological polar surface area (TPSA) is 57.6 Å². The molecule has 0 radical (unpaired) electrons. The first-order chi connectivity index (χ1) is 7.13. The highest BCUT2D eigenvalue weighted by Gasteiger charge is 2.36. The Morgan fingerprint density at radius 2 is 1.93 bits per heavy atom. The standard InChI is InChI=1S/C10H19NO3S/c12-7-10-5-2-6-11(10)15(13,14)8-9-3-1-4-9/h9-10,12H,1-8H2/t10-/m1/s1. The molecule has 1 saturated carbocycles. The van der Waals surface area contributed by atoms with Crippen LogP contribution in [0.2, 0.25) is 0 Å². The molecule has 0 aromatic carbocycles. The monoisotopic (exact) mass is 233 g/mol. The number of sulfonamides is 1. The minimum atomic E-state index is -3.11. The molecule has 0 spiro atoms. The quantitative estimate of drug-likeness (QED) is 0.772. The Hall–Kier alpha value is -0.130. The Labute approximate surface area is 91.3 Å². The molecule has 0 aromatic rings. The van der Waals surface area contributed by atoms with Crippen molar-refractivity contribution in [2.75, 3.05) is 18.9 Å². The molecule has 1 saturated heterocycles. The summed E-state index contributed by atoms with van der Waals surface area (Å²) in [5.41, 5.74) is 0. The Bertz CT molecular complexity index is 311. The number of aliphatic hydroxyl groups excluding tert-OH is 1. The van der Waals surface area contributed by atoms with E-state index in [4.69, 9.17) is 5.11 Å². The van der Waals surface area contributed by atoms with Gasteiger partial charge in [-0.1, -0.05) is 6.42 Å². The van der Waals surface area contributed by atoms with E-state index in [1.807, 2.05) is 0 Å². The van der Waals surface area contributed by atoms with Crippen LogP contribution in [0.5, 0.6) is 0 Å². The zero-order valence-corrected chi connectivity index (χ0v) is 9.75. The Kier molecular flexibility index (Phi) is 3.33. The van der Waals surface area contributed by atoms with E-state index in [9.17, 15) is 8.42 Å². The summed E-state index contributed by atoms with van der Waals surface area (Å²) in [7, 11) is -3.11. The van der Waals surface area contributed by atoms with Crippen molar-refractivity contribution in [3.05, 3.63) is 0 Å². The van der Waals surface area contributed by atoms with Gasteiger partial charge in [0.15, 0.2) is 0 Å². The molecule has 1 N–H and O–H groups in total. The minimum Gasteiger partial charge on any atom is -0.395 e. The maximum absolute atomic E-state index is 12.0. The molecule has 88 valence electrons. The van der Waals surface area contributed by atoms with Crippen LogP contribution in [0.25, 0.3) is 0 Å². The lowest BCUT2D eigenvalue weighted by Crippen LogP contribution is -2.41. The third kappa shape index (κ3) is 2.34. The zero-order chi connectivity index (χ0) is 10.9. The largest absolute Gasteiger partial charge is 0.395 e. The number of hydrogen-bond acceptors (Lipinski definition) is 3. The molecular formula is C10H19NO3S. The summed E-state index contributed by atoms with van der Waals surface area (Å²) in [4.78, 5) is 0. The summed E-state index contributed by atoms with van der Waals surface area (Å²) < 4.78 is 25.6. The number of nitrogens with zero attached hydrogens (tertiary/aromatic N) is 1. The van der Waals surface area contributed by atoms with Crippen LogP contribution in [-0.4, -0.2) is 42.8 Å². The molecule has 0 aromatic heterocycles. The van der Waals surface area contributed by atoms with Gasteiger partial charge < -0.3 is 5.11 Å². The van der Waals surface area contributed by atoms with E-state index in [0.29, 0.717) is 18.2 Å². The lowest BCUT2D eigenvalue weighted by molar-refractivity contribution is 0.212. The second-order valence-electron chi connectivity index (χ2n) is 4.66. The number of hydrogen-bond donors (Lipinski definition) is 1. The fourth-order valence-corrected chi connectivity index (χ4v) is 4.57. The highest BCUT2D eigenvalue weighted by Crippen LogP contribution is 2.30. The SMILES string of the molecule is O=S(=O)(CC1CCC1)N1CCC[C@@H]1CO. The van der Waals surface area contributed by atoms with Crippen LogP contribution in [0.15, 0.2) is 0 Å². The maximum Gasteiger partial charge on any atom is 0.214 e. The van der Waals surface area contributed by atoms with E-state index in [0.717, 1.165) is 25.7 Å². The van der Waals surface area contributed by atoms with Gasteiger partial charge in [-0.15, -0.1) is 0 Å². The third-order valence-electron chi connectivity index (χ3n) is 3.56. The van der Waals surface area contributed by atoms with Crippen LogP contribution in [0.1, 0.15) is 32.1 Å². The first kappa shape index (κ1) is 11.4. The highest BCUT2D eigenvalue weighted by molar-refractivity contribution is 7.89. The summed E-state index contributed by atoms with van der Waals surface area (Å²) in [5.74, 6) is 0.665. The molecule has 1 heterocycles. The van der Waals surface area contributed by atoms with Gasteiger partial charge in [0.25, 0.3) is 0 Å². The summed E-state index contributed by atoms with van der Waals surface area (Å²) in [5, 5.41) is 9.10. The molecule has 2 aliphatic rings. The van der Waals surface area contributed by atoms with Gasteiger partial charge in [-0.25, -0.2) is 8.42 Å². The molecule has 2 rings (SSSR count). The summed E-state index contributed by atoms with van der Waals surface area (Å²) in [6.07, 6.45) is 4.97. The Morgan fingerprint density at radius 1 is 1.20 bits per heavy atom. The second kappa shape index (κ2) is 4.39. The van der Waals surface area contributed by atoms with Crippen molar-refractivity contribution in [1.29, 1.82) is 0 Å². The van der Waals surface area contributed by atoms with Gasteiger partial charge in [-0.05, 0) is 31.6 Å². The normalized spacial score (nSPS) is 29.3. The van der Waals surface area contributed by atoms with Gasteiger partial charge in [0, 0.05) is 12.6 Å². The van der Waals surface area contributed by atoms with Crippen molar-refractivity contribution in [2.24, 2.45) is 5.92 Å². The van der Waals surface area contributed by atoms with Crippen molar-refractivity contribution in [3.8, 4) is 0 Å². The fourth-order valence-electron chi connectivity index (χ4n) is 2.41. The van der Waals surface area contributed by atoms with Crippen LogP contribution >= 0.6 is 0 Å². The zero-order valence-electron chi connectivity index (χ0n) is 8.93. The predicted octanol–water partition coefficient (Wildman–Crippen LogP) is 0.573. The highest BCUT2D eigenvalue weighted by atomic mass is 32.2. The lowest BCUT2D eigenvalue weighted by Gasteiger charge is -2.29. The Balaban J connectivity index is 2.00. The van der Waals surface area contributed by atoms with Crippen molar-refractivity contribution in [3.63, 3.8) is 0 Å². The predicted molar refractivity (Wildman–Crippen MR) is 57.9 cm³/mol. The van der Waals surface area contributed by atoms with E-state index in [1.54, 1.807) is 0 Å².